The molecule has 5 atom stereocenters. The average Bonchev–Trinajstić information content (AvgIpc) is 1.41. The first-order valence-electron chi connectivity index (χ1n) is 41.7. The highest BCUT2D eigenvalue weighted by Gasteiger charge is 2.38. The number of H-pyrrole nitrogens is 5. The van der Waals surface area contributed by atoms with Crippen molar-refractivity contribution >= 4 is 68.0 Å². The Balaban J connectivity index is 0.000000125. The molecule has 5 aromatic carbocycles. The molecule has 13 heterocycles. The Morgan fingerprint density at radius 2 is 0.820 bits per heavy atom. The van der Waals surface area contributed by atoms with Gasteiger partial charge in [0.25, 0.3) is 0 Å². The molecule has 26 nitrogen and oxygen atoms in total. The number of allylic oxidation sites excluding steroid dienone is 10. The van der Waals surface area contributed by atoms with Gasteiger partial charge in [0, 0.05) is 123 Å². The minimum Gasteiger partial charge on any atom is -0.379 e. The number of aromatic nitrogens is 10. The second-order valence-electron chi connectivity index (χ2n) is 31.0. The second kappa shape index (κ2) is 40.7. The summed E-state index contributed by atoms with van der Waals surface area (Å²) in [5.41, 5.74) is 22.4. The van der Waals surface area contributed by atoms with E-state index in [-0.39, 0.29) is 35.5 Å². The van der Waals surface area contributed by atoms with Gasteiger partial charge in [-0.25, -0.2) is 23.8 Å². The van der Waals surface area contributed by atoms with Gasteiger partial charge in [-0.15, -0.1) is 0 Å². The molecule has 8 aliphatic rings. The molecule has 0 saturated carbocycles. The number of rotatable bonds is 18. The van der Waals surface area contributed by atoms with E-state index < -0.39 is 5.82 Å². The number of nitriles is 1. The van der Waals surface area contributed by atoms with Crippen molar-refractivity contribution < 1.29 is 18.6 Å². The van der Waals surface area contributed by atoms with Crippen LogP contribution >= 0.6 is 27.5 Å². The summed E-state index contributed by atoms with van der Waals surface area (Å²) >= 11 is 9.74. The SMILES string of the molecule is CC(C)C1=C(C#N)C(c2cccc(N3CCOCC3)c2)c2cn[nH]c2N1.[C-]#[N+]C1=C(CCC)Nc2[nH]ncc2C1c1ccc(F)cc1Cl.[C-]#[N+]C1=C(CCC)Nc2[nH]ncc2C1c1cccc(Br)c1.[C-]#[N+]C1=C(CCC)Nc2[nH]ncc2C1c1cccc(CN2CCOCC2)c1.[C-]#[N+]C1=C(CCC)Nc2[nH]ncc2C1c1cccc(N2CCOCC2)c1. The van der Waals surface area contributed by atoms with Crippen molar-refractivity contribution in [1.29, 1.82) is 5.26 Å². The summed E-state index contributed by atoms with van der Waals surface area (Å²) in [6, 6.07) is 40.6. The summed E-state index contributed by atoms with van der Waals surface area (Å²) in [6.07, 6.45) is 16.2. The van der Waals surface area contributed by atoms with Crippen LogP contribution in [0.3, 0.4) is 0 Å². The van der Waals surface area contributed by atoms with Crippen LogP contribution in [-0.2, 0) is 20.8 Å². The Morgan fingerprint density at radius 1 is 0.459 bits per heavy atom. The fourth-order valence-corrected chi connectivity index (χ4v) is 17.7. The fraction of sp³-hybridized carbons (Fsp3) is 0.355. The van der Waals surface area contributed by atoms with Crippen LogP contribution < -0.4 is 36.4 Å². The Bertz CT molecular complexity index is 5750. The zero-order chi connectivity index (χ0) is 85.2. The minimum atomic E-state index is -0.391. The number of ether oxygens (including phenoxy) is 3. The molecule has 10 aromatic rings. The van der Waals surface area contributed by atoms with Crippen LogP contribution in [0.1, 0.15) is 184 Å². The highest BCUT2D eigenvalue weighted by Crippen LogP contribution is 2.49. The average molecular weight is 1720 g/mol. The zero-order valence-corrected chi connectivity index (χ0v) is 71.7. The monoisotopic (exact) mass is 1720 g/mol. The molecule has 626 valence electrons. The number of hydrogen-bond donors (Lipinski definition) is 10. The lowest BCUT2D eigenvalue weighted by Crippen LogP contribution is -2.36. The first kappa shape index (κ1) is 85.8. The summed E-state index contributed by atoms with van der Waals surface area (Å²) in [4.78, 5) is 22.5. The Hall–Kier alpha value is -12.6. The summed E-state index contributed by atoms with van der Waals surface area (Å²) in [5, 5.41) is 62.8. The maximum Gasteiger partial charge on any atom is 0.196 e. The van der Waals surface area contributed by atoms with Crippen molar-refractivity contribution in [3.63, 3.8) is 0 Å². The molecule has 5 aromatic heterocycles. The minimum absolute atomic E-state index is 0.0588. The molecule has 0 spiro atoms. The Morgan fingerprint density at radius 3 is 1.21 bits per heavy atom. The number of fused-ring (bicyclic) bond motifs is 5. The van der Waals surface area contributed by atoms with Gasteiger partial charge in [0.05, 0.1) is 138 Å². The summed E-state index contributed by atoms with van der Waals surface area (Å²) in [7, 11) is 0. The van der Waals surface area contributed by atoms with E-state index in [1.54, 1.807) is 12.3 Å². The van der Waals surface area contributed by atoms with Gasteiger partial charge in [0.15, 0.2) is 22.8 Å². The van der Waals surface area contributed by atoms with Gasteiger partial charge in [-0.2, -0.15) is 30.8 Å². The summed E-state index contributed by atoms with van der Waals surface area (Å²) in [5.74, 6) is 3.56. The largest absolute Gasteiger partial charge is 0.379 e. The molecular formula is C93H100BrClFN23O3. The third kappa shape index (κ3) is 19.1. The van der Waals surface area contributed by atoms with Crippen molar-refractivity contribution in [2.75, 3.05) is 115 Å². The number of halogens is 3. The number of hydrogen-bond acceptors (Lipinski definition) is 17. The van der Waals surface area contributed by atoms with Crippen molar-refractivity contribution in [3.05, 3.63) is 325 Å². The van der Waals surface area contributed by atoms with Crippen LogP contribution in [0, 0.1) is 49.4 Å². The van der Waals surface area contributed by atoms with E-state index >= 15 is 0 Å². The van der Waals surface area contributed by atoms with Gasteiger partial charge in [-0.1, -0.05) is 161 Å². The van der Waals surface area contributed by atoms with Crippen molar-refractivity contribution in [1.82, 2.24) is 55.9 Å². The number of anilines is 7. The zero-order valence-electron chi connectivity index (χ0n) is 69.3. The van der Waals surface area contributed by atoms with E-state index in [9.17, 15) is 9.65 Å². The van der Waals surface area contributed by atoms with Crippen molar-refractivity contribution in [3.8, 4) is 6.07 Å². The Labute approximate surface area is 724 Å². The molecule has 122 heavy (non-hydrogen) atoms. The van der Waals surface area contributed by atoms with Gasteiger partial charge in [0.2, 0.25) is 0 Å². The summed E-state index contributed by atoms with van der Waals surface area (Å²) in [6.45, 7) is 54.5. The molecule has 10 N–H and O–H groups in total. The van der Waals surface area contributed by atoms with Crippen LogP contribution in [-0.4, -0.2) is 135 Å². The smallest absolute Gasteiger partial charge is 0.196 e. The van der Waals surface area contributed by atoms with E-state index in [0.29, 0.717) is 16.3 Å². The van der Waals surface area contributed by atoms with Gasteiger partial charge in [0.1, 0.15) is 34.9 Å². The van der Waals surface area contributed by atoms with Crippen LogP contribution in [0.15, 0.2) is 208 Å². The topological polar surface area (TPSA) is 282 Å². The molecule has 0 aliphatic carbocycles. The molecule has 0 bridgehead atoms. The fourth-order valence-electron chi connectivity index (χ4n) is 17.0. The third-order valence-electron chi connectivity index (χ3n) is 22.8. The lowest BCUT2D eigenvalue weighted by molar-refractivity contribution is 0.0342. The molecule has 3 fully saturated rings. The number of benzene rings is 5. The number of morpholine rings is 3. The molecular weight excluding hydrogens is 1620 g/mol. The van der Waals surface area contributed by atoms with Gasteiger partial charge >= 0.3 is 0 Å². The number of nitrogens with zero attached hydrogens (tertiary/aromatic N) is 13. The van der Waals surface area contributed by atoms with Crippen molar-refractivity contribution in [2.24, 2.45) is 5.92 Å². The van der Waals surface area contributed by atoms with Gasteiger partial charge in [-0.05, 0) is 114 Å². The molecule has 0 radical (unpaired) electrons. The Kier molecular flexibility index (Phi) is 28.6. The van der Waals surface area contributed by atoms with E-state index in [1.807, 2.05) is 36.9 Å². The standard InChI is InChI=1S/C21H25N5O.2C20H23N5O.C16H15BrN4.C16H14ClFN4/c1-3-5-18-20(22-2)19(17-13-23-25-21(17)24-18)16-7-4-6-15(12-16)14-26-8-10-27-11-9-26;1-13(2)19-16(11-21)18(17-12-22-24-20(17)23-19)14-4-3-5-15(10-14)25-6-8-26-9-7-25;1-3-5-17-19(21-2)18(16-13-22-24-20(16)23-17)14-6-4-7-15(12-14)25-8-10-26-11-9-25;1-3-5-13-15(18-2)14(10-6-4-7-11(17)8-10)12-9-19-21-16(12)20-13;1-3-4-13-15(19-2)14(11-8-20-22-16(11)21-13)10-6-5-9(18)7-12(10)17/h4,6-7,12-13,19H,3,5,8-11,14H2,1H3,(H2,23,24,25);3-5,10,12-13,18H,6-9H2,1-2H3,(H2,22,23,24);4,6-7,12-13,18H,3,5,8-11H2,1H3,(H2,22,23,24);4,6-9,14H,3,5H2,1H3,(H2,19,20,21);5-8,14H,3-4H2,1H3,(H2,20,21,22). The highest BCUT2D eigenvalue weighted by atomic mass is 79.9. The molecule has 0 amide bonds. The maximum atomic E-state index is 13.3. The molecule has 8 aliphatic heterocycles. The lowest BCUT2D eigenvalue weighted by atomic mass is 9.81. The number of aromatic amines is 5. The van der Waals surface area contributed by atoms with Crippen LogP contribution in [0.25, 0.3) is 19.4 Å². The van der Waals surface area contributed by atoms with E-state index in [1.165, 1.54) is 29.1 Å². The van der Waals surface area contributed by atoms with Gasteiger partial charge < -0.3 is 50.6 Å². The predicted molar refractivity (Wildman–Crippen MR) is 479 cm³/mol. The van der Waals surface area contributed by atoms with Crippen LogP contribution in [0.4, 0.5) is 44.9 Å². The first-order valence-corrected chi connectivity index (χ1v) is 42.9. The van der Waals surface area contributed by atoms with E-state index in [0.717, 1.165) is 272 Å². The lowest BCUT2D eigenvalue weighted by Gasteiger charge is -2.31. The number of nitrogens with one attached hydrogen (secondary N) is 10. The summed E-state index contributed by atoms with van der Waals surface area (Å²) < 4.78 is 30.7. The molecule has 3 saturated heterocycles. The van der Waals surface area contributed by atoms with E-state index in [4.69, 9.17) is 52.1 Å². The second-order valence-corrected chi connectivity index (χ2v) is 32.4. The molecule has 5 unspecified atom stereocenters. The van der Waals surface area contributed by atoms with Crippen LogP contribution in [0.5, 0.6) is 0 Å². The van der Waals surface area contributed by atoms with Crippen molar-refractivity contribution in [2.45, 2.75) is 129 Å². The molecule has 18 rings (SSSR count). The molecule has 29 heteroatoms. The quantitative estimate of drug-likeness (QED) is 0.0357. The highest BCUT2D eigenvalue weighted by molar-refractivity contribution is 9.10. The normalized spacial score (nSPS) is 18.9. The first-order chi connectivity index (χ1) is 59.7. The third-order valence-corrected chi connectivity index (χ3v) is 23.6. The van der Waals surface area contributed by atoms with Crippen LogP contribution in [0.2, 0.25) is 5.02 Å². The maximum absolute atomic E-state index is 13.3. The predicted octanol–water partition coefficient (Wildman–Crippen LogP) is 20.1. The van der Waals surface area contributed by atoms with Gasteiger partial charge in [-0.3, -0.25) is 30.4 Å². The van der Waals surface area contributed by atoms with E-state index in [2.05, 4.69) is 260 Å².